The highest BCUT2D eigenvalue weighted by atomic mass is 35.5. The Kier molecular flexibility index (Phi) is 7.16. The molecule has 0 amide bonds. The molecule has 1 aliphatic carbocycles. The molecule has 0 N–H and O–H groups in total. The van der Waals surface area contributed by atoms with Crippen molar-refractivity contribution in [3.63, 3.8) is 0 Å². The second kappa shape index (κ2) is 10.1. The number of aromatic nitrogens is 2. The molecule has 2 heterocycles. The van der Waals surface area contributed by atoms with Gasteiger partial charge in [-0.05, 0) is 78.1 Å². The van der Waals surface area contributed by atoms with Crippen molar-refractivity contribution in [3.05, 3.63) is 78.9 Å². The van der Waals surface area contributed by atoms with Gasteiger partial charge in [-0.3, -0.25) is 9.36 Å². The van der Waals surface area contributed by atoms with Gasteiger partial charge in [0.15, 0.2) is 5.16 Å². The molecule has 5 rings (SSSR count). The molecule has 8 heteroatoms. The Morgan fingerprint density at radius 3 is 2.56 bits per heavy atom. The maximum atomic E-state index is 14.1. The Labute approximate surface area is 229 Å². The van der Waals surface area contributed by atoms with Gasteiger partial charge in [-0.2, -0.15) is 0 Å². The molecule has 0 saturated heterocycles. The summed E-state index contributed by atoms with van der Waals surface area (Å²) in [5.74, 6) is 1.96. The van der Waals surface area contributed by atoms with Gasteiger partial charge >= 0.3 is 0 Å². The van der Waals surface area contributed by atoms with E-state index >= 15 is 0 Å². The molecule has 0 unspecified atom stereocenters. The number of halogens is 2. The van der Waals surface area contributed by atoms with Crippen molar-refractivity contribution < 1.29 is 4.74 Å². The van der Waals surface area contributed by atoms with Crippen molar-refractivity contribution in [3.8, 4) is 11.4 Å². The zero-order chi connectivity index (χ0) is 25.6. The highest BCUT2D eigenvalue weighted by Gasteiger charge is 2.32. The van der Waals surface area contributed by atoms with E-state index in [-0.39, 0.29) is 11.0 Å². The fourth-order valence-corrected chi connectivity index (χ4v) is 7.40. The number of methoxy groups -OCH3 is 1. The van der Waals surface area contributed by atoms with Crippen molar-refractivity contribution in [1.82, 2.24) is 9.55 Å². The van der Waals surface area contributed by atoms with Crippen LogP contribution in [0, 0.1) is 11.3 Å². The third kappa shape index (κ3) is 4.93. The third-order valence-electron chi connectivity index (χ3n) is 6.96. The standard InChI is InChI=1S/C28H28Cl2N2O2S2/c1-28(2,3)17-6-11-20-23(14-17)36-25-24(20)26(33)32(18-7-9-19(34-4)10-8-18)27(31-25)35-15-16-5-12-21(29)22(30)13-16/h5,7-10,12-13,17H,6,11,14-15H2,1-4H3/t17-/m1/s1. The van der Waals surface area contributed by atoms with Gasteiger partial charge in [0.25, 0.3) is 5.56 Å². The summed E-state index contributed by atoms with van der Waals surface area (Å²) >= 11 is 15.5. The Bertz CT molecular complexity index is 1490. The molecular weight excluding hydrogens is 531 g/mol. The van der Waals surface area contributed by atoms with Crippen LogP contribution in [0.2, 0.25) is 10.0 Å². The molecule has 0 bridgehead atoms. The van der Waals surface area contributed by atoms with Crippen molar-refractivity contribution in [2.24, 2.45) is 11.3 Å². The van der Waals surface area contributed by atoms with E-state index in [4.69, 9.17) is 32.9 Å². The summed E-state index contributed by atoms with van der Waals surface area (Å²) < 4.78 is 7.07. The van der Waals surface area contributed by atoms with Gasteiger partial charge in [-0.15, -0.1) is 11.3 Å². The van der Waals surface area contributed by atoms with Gasteiger partial charge < -0.3 is 4.74 Å². The summed E-state index contributed by atoms with van der Waals surface area (Å²) in [6, 6.07) is 13.2. The maximum Gasteiger partial charge on any atom is 0.267 e. The molecule has 188 valence electrons. The number of rotatable bonds is 5. The largest absolute Gasteiger partial charge is 0.497 e. The average Bonchev–Trinajstić information content (AvgIpc) is 3.22. The summed E-state index contributed by atoms with van der Waals surface area (Å²) in [5.41, 5.74) is 3.22. The average molecular weight is 560 g/mol. The number of benzene rings is 2. The second-order valence-corrected chi connectivity index (χ2v) is 13.1. The Hall–Kier alpha value is -1.99. The minimum atomic E-state index is -0.00601. The van der Waals surface area contributed by atoms with Crippen LogP contribution in [-0.2, 0) is 18.6 Å². The molecule has 0 saturated carbocycles. The predicted octanol–water partition coefficient (Wildman–Crippen LogP) is 8.21. The van der Waals surface area contributed by atoms with E-state index in [0.29, 0.717) is 26.9 Å². The van der Waals surface area contributed by atoms with Crippen LogP contribution in [0.25, 0.3) is 15.9 Å². The minimum absolute atomic E-state index is 0.00601. The van der Waals surface area contributed by atoms with Crippen LogP contribution in [0.15, 0.2) is 52.4 Å². The van der Waals surface area contributed by atoms with Crippen LogP contribution in [-0.4, -0.2) is 16.7 Å². The minimum Gasteiger partial charge on any atom is -0.497 e. The number of nitrogens with zero attached hydrogens (tertiary/aromatic N) is 2. The van der Waals surface area contributed by atoms with Gasteiger partial charge in [-0.25, -0.2) is 4.98 Å². The Morgan fingerprint density at radius 2 is 1.89 bits per heavy atom. The lowest BCUT2D eigenvalue weighted by molar-refractivity contribution is 0.218. The molecule has 0 radical (unpaired) electrons. The van der Waals surface area contributed by atoms with Crippen LogP contribution >= 0.6 is 46.3 Å². The summed E-state index contributed by atoms with van der Waals surface area (Å²) in [6.07, 6.45) is 3.03. The van der Waals surface area contributed by atoms with Crippen molar-refractivity contribution in [2.45, 2.75) is 50.9 Å². The normalized spacial score (nSPS) is 15.8. The number of thiophene rings is 1. The van der Waals surface area contributed by atoms with E-state index < -0.39 is 0 Å². The number of hydrogen-bond acceptors (Lipinski definition) is 5. The highest BCUT2D eigenvalue weighted by molar-refractivity contribution is 7.98. The van der Waals surface area contributed by atoms with Gasteiger partial charge in [0, 0.05) is 10.6 Å². The molecule has 4 aromatic rings. The summed E-state index contributed by atoms with van der Waals surface area (Å²) in [6.45, 7) is 6.92. The maximum absolute atomic E-state index is 14.1. The first-order valence-corrected chi connectivity index (χ1v) is 14.5. The van der Waals surface area contributed by atoms with Gasteiger partial charge in [0.1, 0.15) is 10.6 Å². The summed E-state index contributed by atoms with van der Waals surface area (Å²) in [5, 5.41) is 2.48. The summed E-state index contributed by atoms with van der Waals surface area (Å²) in [4.78, 5) is 21.3. The molecule has 2 aromatic heterocycles. The lowest BCUT2D eigenvalue weighted by atomic mass is 9.72. The van der Waals surface area contributed by atoms with Crippen LogP contribution in [0.1, 0.15) is 43.2 Å². The van der Waals surface area contributed by atoms with Crippen LogP contribution in [0.3, 0.4) is 0 Å². The quantitative estimate of drug-likeness (QED) is 0.183. The molecule has 4 nitrogen and oxygen atoms in total. The van der Waals surface area contributed by atoms with Crippen LogP contribution in [0.5, 0.6) is 5.75 Å². The van der Waals surface area contributed by atoms with Gasteiger partial charge in [-0.1, -0.05) is 61.8 Å². The number of thioether (sulfide) groups is 1. The first kappa shape index (κ1) is 25.7. The molecule has 1 atom stereocenters. The first-order valence-electron chi connectivity index (χ1n) is 11.9. The zero-order valence-corrected chi connectivity index (χ0v) is 23.9. The van der Waals surface area contributed by atoms with E-state index in [1.807, 2.05) is 36.4 Å². The van der Waals surface area contributed by atoms with Crippen molar-refractivity contribution in [2.75, 3.05) is 7.11 Å². The molecule has 0 aliphatic heterocycles. The number of aryl methyl sites for hydroxylation is 1. The monoisotopic (exact) mass is 558 g/mol. The number of hydrogen-bond donors (Lipinski definition) is 0. The Balaban J connectivity index is 1.61. The molecular formula is C28H28Cl2N2O2S2. The van der Waals surface area contributed by atoms with E-state index in [2.05, 4.69) is 20.8 Å². The van der Waals surface area contributed by atoms with Crippen molar-refractivity contribution >= 4 is 56.5 Å². The number of fused-ring (bicyclic) bond motifs is 3. The van der Waals surface area contributed by atoms with E-state index in [1.54, 1.807) is 29.1 Å². The summed E-state index contributed by atoms with van der Waals surface area (Å²) in [7, 11) is 1.63. The first-order chi connectivity index (χ1) is 17.2. The number of ether oxygens (including phenoxy) is 1. The van der Waals surface area contributed by atoms with E-state index in [9.17, 15) is 4.79 Å². The van der Waals surface area contributed by atoms with Gasteiger partial charge in [0.05, 0.1) is 28.2 Å². The Morgan fingerprint density at radius 1 is 1.14 bits per heavy atom. The highest BCUT2D eigenvalue weighted by Crippen LogP contribution is 2.42. The predicted molar refractivity (Wildman–Crippen MR) is 153 cm³/mol. The van der Waals surface area contributed by atoms with Crippen LogP contribution < -0.4 is 10.3 Å². The molecule has 1 aliphatic rings. The molecule has 0 fully saturated rings. The molecule has 0 spiro atoms. The van der Waals surface area contributed by atoms with E-state index in [1.165, 1.54) is 22.2 Å². The second-order valence-electron chi connectivity index (χ2n) is 10.3. The molecule has 2 aromatic carbocycles. The lowest BCUT2D eigenvalue weighted by Gasteiger charge is -2.33. The third-order valence-corrected chi connectivity index (χ3v) is 9.86. The van der Waals surface area contributed by atoms with E-state index in [0.717, 1.165) is 46.5 Å². The SMILES string of the molecule is COc1ccc(-n2c(SCc3ccc(Cl)c(Cl)c3)nc3sc4c(c3c2=O)CC[C@@H](C(C)(C)C)C4)cc1. The smallest absolute Gasteiger partial charge is 0.267 e. The lowest BCUT2D eigenvalue weighted by Crippen LogP contribution is -2.27. The molecule has 36 heavy (non-hydrogen) atoms. The van der Waals surface area contributed by atoms with Gasteiger partial charge in [0.2, 0.25) is 0 Å². The van der Waals surface area contributed by atoms with Crippen molar-refractivity contribution in [1.29, 1.82) is 0 Å². The topological polar surface area (TPSA) is 44.1 Å². The van der Waals surface area contributed by atoms with Crippen LogP contribution in [0.4, 0.5) is 0 Å². The zero-order valence-electron chi connectivity index (χ0n) is 20.7. The fourth-order valence-electron chi connectivity index (χ4n) is 4.78. The fraction of sp³-hybridized carbons (Fsp3) is 0.357.